The molecule has 5 heteroatoms. The number of aromatic carboxylic acids is 1. The Labute approximate surface area is 117 Å². The third-order valence-electron chi connectivity index (χ3n) is 3.07. The Kier molecular flexibility index (Phi) is 4.08. The summed E-state index contributed by atoms with van der Waals surface area (Å²) in [5.41, 5.74) is 4.22. The predicted molar refractivity (Wildman–Crippen MR) is 75.4 cm³/mol. The van der Waals surface area contributed by atoms with Gasteiger partial charge in [-0.15, -0.1) is 0 Å². The van der Waals surface area contributed by atoms with Gasteiger partial charge in [0, 0.05) is 12.1 Å². The van der Waals surface area contributed by atoms with Crippen LogP contribution in [-0.2, 0) is 6.42 Å². The summed E-state index contributed by atoms with van der Waals surface area (Å²) in [6.45, 7) is 6.58. The highest BCUT2D eigenvalue weighted by Crippen LogP contribution is 2.24. The zero-order chi connectivity index (χ0) is 14.7. The number of aromatic nitrogens is 2. The molecule has 0 aliphatic heterocycles. The normalized spacial score (nSPS) is 10.6. The summed E-state index contributed by atoms with van der Waals surface area (Å²) in [7, 11) is 0. The molecule has 0 bridgehead atoms. The molecular formula is C15H18N2O3. The van der Waals surface area contributed by atoms with Crippen LogP contribution in [0.4, 0.5) is 0 Å². The Morgan fingerprint density at radius 3 is 2.45 bits per heavy atom. The van der Waals surface area contributed by atoms with Crippen molar-refractivity contribution >= 4 is 5.97 Å². The van der Waals surface area contributed by atoms with E-state index in [2.05, 4.69) is 29.3 Å². The highest BCUT2D eigenvalue weighted by molar-refractivity contribution is 5.85. The maximum atomic E-state index is 10.7. The molecular weight excluding hydrogens is 256 g/mol. The third kappa shape index (κ3) is 3.17. The van der Waals surface area contributed by atoms with Gasteiger partial charge in [-0.05, 0) is 38.0 Å². The number of benzene rings is 1. The van der Waals surface area contributed by atoms with Crippen molar-refractivity contribution in [2.24, 2.45) is 0 Å². The second kappa shape index (κ2) is 5.77. The average Bonchev–Trinajstić information content (AvgIpc) is 2.81. The molecule has 1 aromatic carbocycles. The summed E-state index contributed by atoms with van der Waals surface area (Å²) in [5, 5.41) is 15.2. The fourth-order valence-corrected chi connectivity index (χ4v) is 2.26. The molecule has 0 spiro atoms. The summed E-state index contributed by atoms with van der Waals surface area (Å²) in [6.07, 6.45) is 0.590. The van der Waals surface area contributed by atoms with Gasteiger partial charge in [0.05, 0.1) is 6.61 Å². The summed E-state index contributed by atoms with van der Waals surface area (Å²) in [4.78, 5) is 10.7. The van der Waals surface area contributed by atoms with Crippen LogP contribution in [0.2, 0.25) is 0 Å². The molecule has 0 aliphatic rings. The monoisotopic (exact) mass is 274 g/mol. The van der Waals surface area contributed by atoms with Crippen LogP contribution in [0.1, 0.15) is 32.9 Å². The Bertz CT molecular complexity index is 609. The van der Waals surface area contributed by atoms with Crippen molar-refractivity contribution in [1.29, 1.82) is 0 Å². The van der Waals surface area contributed by atoms with E-state index in [4.69, 9.17) is 9.84 Å². The number of rotatable bonds is 5. The largest absolute Gasteiger partial charge is 0.493 e. The van der Waals surface area contributed by atoms with Crippen LogP contribution in [0.15, 0.2) is 18.2 Å². The lowest BCUT2D eigenvalue weighted by molar-refractivity contribution is 0.0690. The van der Waals surface area contributed by atoms with Gasteiger partial charge >= 0.3 is 5.97 Å². The molecule has 0 fully saturated rings. The molecule has 0 amide bonds. The maximum Gasteiger partial charge on any atom is 0.356 e. The Morgan fingerprint density at radius 2 is 1.90 bits per heavy atom. The van der Waals surface area contributed by atoms with Gasteiger partial charge < -0.3 is 9.84 Å². The van der Waals surface area contributed by atoms with E-state index in [1.807, 2.05) is 13.8 Å². The highest BCUT2D eigenvalue weighted by Gasteiger charge is 2.09. The predicted octanol–water partition coefficient (Wildman–Crippen LogP) is 2.65. The minimum atomic E-state index is -1.03. The first-order chi connectivity index (χ1) is 9.47. The highest BCUT2D eigenvalue weighted by atomic mass is 16.5. The molecule has 20 heavy (non-hydrogen) atoms. The van der Waals surface area contributed by atoms with Crippen molar-refractivity contribution in [2.75, 3.05) is 6.61 Å². The fraction of sp³-hybridized carbons (Fsp3) is 0.333. The lowest BCUT2D eigenvalue weighted by Gasteiger charge is -2.12. The number of carboxylic acid groups (broad SMARTS) is 1. The zero-order valence-corrected chi connectivity index (χ0v) is 11.9. The number of aromatic amines is 1. The van der Waals surface area contributed by atoms with Crippen LogP contribution >= 0.6 is 0 Å². The van der Waals surface area contributed by atoms with Crippen molar-refractivity contribution < 1.29 is 14.6 Å². The number of H-pyrrole nitrogens is 1. The van der Waals surface area contributed by atoms with Gasteiger partial charge in [-0.2, -0.15) is 5.10 Å². The summed E-state index contributed by atoms with van der Waals surface area (Å²) in [6, 6.07) is 5.70. The van der Waals surface area contributed by atoms with Gasteiger partial charge in [0.1, 0.15) is 5.75 Å². The van der Waals surface area contributed by atoms with Crippen LogP contribution in [0.3, 0.4) is 0 Å². The maximum absolute atomic E-state index is 10.7. The zero-order valence-electron chi connectivity index (χ0n) is 11.9. The van der Waals surface area contributed by atoms with Crippen LogP contribution in [0.5, 0.6) is 5.75 Å². The lowest BCUT2D eigenvalue weighted by atomic mass is 10.1. The second-order valence-electron chi connectivity index (χ2n) is 4.91. The van der Waals surface area contributed by atoms with E-state index in [-0.39, 0.29) is 5.69 Å². The Hall–Kier alpha value is -2.30. The van der Waals surface area contributed by atoms with E-state index >= 15 is 0 Å². The first-order valence-corrected chi connectivity index (χ1v) is 6.45. The van der Waals surface area contributed by atoms with Gasteiger partial charge in [-0.3, -0.25) is 5.10 Å². The number of nitrogens with zero attached hydrogens (tertiary/aromatic N) is 1. The number of carbonyl (C=O) groups is 1. The molecule has 0 saturated heterocycles. The number of nitrogens with one attached hydrogen (secondary N) is 1. The van der Waals surface area contributed by atoms with Crippen LogP contribution in [0, 0.1) is 20.8 Å². The molecule has 0 radical (unpaired) electrons. The minimum absolute atomic E-state index is 0.0303. The Balaban J connectivity index is 1.97. The number of aryl methyl sites for hydroxylation is 3. The SMILES string of the molecule is Cc1cc(C)c(OCCc2cc(C(=O)O)n[nH]2)c(C)c1. The quantitative estimate of drug-likeness (QED) is 0.879. The van der Waals surface area contributed by atoms with Crippen LogP contribution in [0.25, 0.3) is 0 Å². The third-order valence-corrected chi connectivity index (χ3v) is 3.07. The van der Waals surface area contributed by atoms with Gasteiger partial charge in [0.2, 0.25) is 0 Å². The molecule has 0 atom stereocenters. The molecule has 0 unspecified atom stereocenters. The van der Waals surface area contributed by atoms with Gasteiger partial charge in [0.15, 0.2) is 5.69 Å². The molecule has 1 heterocycles. The van der Waals surface area contributed by atoms with Crippen molar-refractivity contribution in [3.05, 3.63) is 46.3 Å². The average molecular weight is 274 g/mol. The van der Waals surface area contributed by atoms with E-state index < -0.39 is 5.97 Å². The first kappa shape index (κ1) is 14.1. The molecule has 2 N–H and O–H groups in total. The van der Waals surface area contributed by atoms with Crippen molar-refractivity contribution in [3.63, 3.8) is 0 Å². The molecule has 106 valence electrons. The van der Waals surface area contributed by atoms with Crippen molar-refractivity contribution in [2.45, 2.75) is 27.2 Å². The lowest BCUT2D eigenvalue weighted by Crippen LogP contribution is -2.04. The van der Waals surface area contributed by atoms with Gasteiger partial charge in [-0.25, -0.2) is 4.79 Å². The summed E-state index contributed by atoms with van der Waals surface area (Å²) in [5.74, 6) is -0.132. The topological polar surface area (TPSA) is 75.2 Å². The molecule has 0 aliphatic carbocycles. The minimum Gasteiger partial charge on any atom is -0.493 e. The molecule has 0 saturated carbocycles. The van der Waals surface area contributed by atoms with E-state index in [9.17, 15) is 4.79 Å². The van der Waals surface area contributed by atoms with Crippen LogP contribution < -0.4 is 4.74 Å². The van der Waals surface area contributed by atoms with E-state index in [0.717, 1.165) is 22.6 Å². The second-order valence-corrected chi connectivity index (χ2v) is 4.91. The summed E-state index contributed by atoms with van der Waals surface area (Å²) < 4.78 is 5.80. The number of carboxylic acids is 1. The Morgan fingerprint density at radius 1 is 1.25 bits per heavy atom. The van der Waals surface area contributed by atoms with Crippen molar-refractivity contribution in [1.82, 2.24) is 10.2 Å². The van der Waals surface area contributed by atoms with Crippen molar-refractivity contribution in [3.8, 4) is 5.75 Å². The number of ether oxygens (including phenoxy) is 1. The van der Waals surface area contributed by atoms with Crippen LogP contribution in [-0.4, -0.2) is 27.9 Å². The standard InChI is InChI=1S/C15H18N2O3/c1-9-6-10(2)14(11(3)7-9)20-5-4-12-8-13(15(18)19)17-16-12/h6-8H,4-5H2,1-3H3,(H,16,17)(H,18,19). The number of hydrogen-bond acceptors (Lipinski definition) is 3. The number of hydrogen-bond donors (Lipinski definition) is 2. The van der Waals surface area contributed by atoms with E-state index in [0.29, 0.717) is 13.0 Å². The first-order valence-electron chi connectivity index (χ1n) is 6.45. The van der Waals surface area contributed by atoms with Gasteiger partial charge in [0.25, 0.3) is 0 Å². The van der Waals surface area contributed by atoms with E-state index in [1.54, 1.807) is 0 Å². The van der Waals surface area contributed by atoms with E-state index in [1.165, 1.54) is 11.6 Å². The fourth-order valence-electron chi connectivity index (χ4n) is 2.26. The molecule has 1 aromatic heterocycles. The van der Waals surface area contributed by atoms with Gasteiger partial charge in [-0.1, -0.05) is 17.7 Å². The molecule has 2 rings (SSSR count). The molecule has 2 aromatic rings. The summed E-state index contributed by atoms with van der Waals surface area (Å²) >= 11 is 0. The smallest absolute Gasteiger partial charge is 0.356 e. The molecule has 5 nitrogen and oxygen atoms in total.